The molecule has 2 nitrogen and oxygen atoms in total. The fourth-order valence-corrected chi connectivity index (χ4v) is 3.24. The lowest BCUT2D eigenvalue weighted by molar-refractivity contribution is -0.660. The fraction of sp³-hybridized carbons (Fsp3) is 0.0952. The van der Waals surface area contributed by atoms with E-state index in [0.29, 0.717) is 0 Å². The first kappa shape index (κ1) is 13.8. The highest BCUT2D eigenvalue weighted by atomic mass is 15.0. The van der Waals surface area contributed by atoms with Crippen molar-refractivity contribution in [3.63, 3.8) is 0 Å². The molecule has 0 radical (unpaired) electrons. The van der Waals surface area contributed by atoms with Gasteiger partial charge in [0.15, 0.2) is 6.20 Å². The van der Waals surface area contributed by atoms with E-state index in [1.807, 2.05) is 0 Å². The highest BCUT2D eigenvalue weighted by Crippen LogP contribution is 2.30. The molecule has 0 amide bonds. The number of nitrogens with zero attached hydrogens (tertiary/aromatic N) is 2. The number of hydrogen-bond acceptors (Lipinski definition) is 0. The van der Waals surface area contributed by atoms with Crippen molar-refractivity contribution in [2.45, 2.75) is 6.92 Å². The van der Waals surface area contributed by atoms with Crippen LogP contribution < -0.4 is 4.57 Å². The van der Waals surface area contributed by atoms with E-state index in [1.54, 1.807) is 0 Å². The van der Waals surface area contributed by atoms with Gasteiger partial charge in [-0.3, -0.25) is 0 Å². The van der Waals surface area contributed by atoms with Crippen molar-refractivity contribution < 1.29 is 4.57 Å². The summed E-state index contributed by atoms with van der Waals surface area (Å²) in [5.74, 6) is 0. The van der Waals surface area contributed by atoms with Crippen LogP contribution in [0.2, 0.25) is 0 Å². The molecular weight excluding hydrogens is 280 g/mol. The average Bonchev–Trinajstić information content (AvgIpc) is 3.00. The first-order chi connectivity index (χ1) is 11.3. The number of pyridine rings is 1. The highest BCUT2D eigenvalue weighted by molar-refractivity contribution is 5.94. The van der Waals surface area contributed by atoms with Gasteiger partial charge >= 0.3 is 0 Å². The van der Waals surface area contributed by atoms with E-state index in [-0.39, 0.29) is 0 Å². The smallest absolute Gasteiger partial charge is 0.214 e. The molecule has 2 heterocycles. The van der Waals surface area contributed by atoms with E-state index >= 15 is 0 Å². The monoisotopic (exact) mass is 299 g/mol. The molecule has 2 heteroatoms. The standard InChI is InChI=1S/C21H19N2/c1-16-8-3-4-11-19(16)23-15-13-17-9-7-10-18(21(17)23)20-12-5-6-14-22(20)2/h3-15H,1-2H3/q+1. The zero-order valence-corrected chi connectivity index (χ0v) is 13.4. The zero-order chi connectivity index (χ0) is 15.8. The number of benzene rings is 2. The first-order valence-electron chi connectivity index (χ1n) is 7.87. The zero-order valence-electron chi connectivity index (χ0n) is 13.4. The predicted octanol–water partition coefficient (Wildman–Crippen LogP) is 4.43. The Morgan fingerprint density at radius 2 is 1.65 bits per heavy atom. The molecule has 0 bridgehead atoms. The normalized spacial score (nSPS) is 11.0. The van der Waals surface area contributed by atoms with Crippen LogP contribution in [0, 0.1) is 6.92 Å². The van der Waals surface area contributed by atoms with Crippen LogP contribution in [-0.4, -0.2) is 4.57 Å². The maximum Gasteiger partial charge on any atom is 0.214 e. The summed E-state index contributed by atoms with van der Waals surface area (Å²) in [7, 11) is 2.09. The predicted molar refractivity (Wildman–Crippen MR) is 94.6 cm³/mol. The summed E-state index contributed by atoms with van der Waals surface area (Å²) in [6.45, 7) is 2.16. The van der Waals surface area contributed by atoms with Crippen molar-refractivity contribution in [3.05, 3.63) is 84.7 Å². The molecule has 23 heavy (non-hydrogen) atoms. The molecule has 0 saturated heterocycles. The van der Waals surface area contributed by atoms with Gasteiger partial charge < -0.3 is 4.57 Å². The summed E-state index contributed by atoms with van der Waals surface area (Å²) < 4.78 is 4.47. The number of hydrogen-bond donors (Lipinski definition) is 0. The maximum absolute atomic E-state index is 2.30. The van der Waals surface area contributed by atoms with E-state index in [1.165, 1.54) is 33.4 Å². The lowest BCUT2D eigenvalue weighted by Crippen LogP contribution is -2.30. The lowest BCUT2D eigenvalue weighted by atomic mass is 10.1. The van der Waals surface area contributed by atoms with Gasteiger partial charge in [0.25, 0.3) is 0 Å². The van der Waals surface area contributed by atoms with Crippen LogP contribution in [0.1, 0.15) is 5.56 Å². The molecule has 0 spiro atoms. The Morgan fingerprint density at radius 3 is 2.48 bits per heavy atom. The van der Waals surface area contributed by atoms with Crippen molar-refractivity contribution in [3.8, 4) is 16.9 Å². The van der Waals surface area contributed by atoms with Gasteiger partial charge in [0.1, 0.15) is 7.05 Å². The second-order valence-electron chi connectivity index (χ2n) is 5.91. The lowest BCUT2D eigenvalue weighted by Gasteiger charge is -2.11. The van der Waals surface area contributed by atoms with Crippen LogP contribution in [0.4, 0.5) is 0 Å². The molecule has 0 aliphatic carbocycles. The van der Waals surface area contributed by atoms with Crippen molar-refractivity contribution in [2.24, 2.45) is 7.05 Å². The molecule has 0 atom stereocenters. The van der Waals surface area contributed by atoms with Gasteiger partial charge in [0.2, 0.25) is 5.69 Å². The van der Waals surface area contributed by atoms with E-state index in [4.69, 9.17) is 0 Å². The number of fused-ring (bicyclic) bond motifs is 1. The molecule has 4 rings (SSSR count). The molecular formula is C21H19N2+. The third-order valence-corrected chi connectivity index (χ3v) is 4.42. The van der Waals surface area contributed by atoms with Crippen LogP contribution in [0.5, 0.6) is 0 Å². The van der Waals surface area contributed by atoms with Crippen molar-refractivity contribution in [1.82, 2.24) is 4.57 Å². The van der Waals surface area contributed by atoms with Gasteiger partial charge in [-0.15, -0.1) is 0 Å². The largest absolute Gasteiger partial charge is 0.315 e. The molecule has 2 aromatic carbocycles. The molecule has 0 N–H and O–H groups in total. The van der Waals surface area contributed by atoms with Crippen LogP contribution >= 0.6 is 0 Å². The molecule has 2 aromatic heterocycles. The van der Waals surface area contributed by atoms with Gasteiger partial charge in [-0.2, -0.15) is 0 Å². The van der Waals surface area contributed by atoms with E-state index in [0.717, 1.165) is 0 Å². The summed E-state index contributed by atoms with van der Waals surface area (Å²) in [4.78, 5) is 0. The van der Waals surface area contributed by atoms with Gasteiger partial charge in [-0.05, 0) is 36.8 Å². The molecule has 0 unspecified atom stereocenters. The van der Waals surface area contributed by atoms with E-state index in [2.05, 4.69) is 102 Å². The SMILES string of the molecule is Cc1ccccc1-n1ccc2cccc(-c3cccc[n+]3C)c21. The number of aromatic nitrogens is 2. The fourth-order valence-electron chi connectivity index (χ4n) is 3.24. The van der Waals surface area contributed by atoms with Crippen LogP contribution in [0.3, 0.4) is 0 Å². The Bertz CT molecular complexity index is 996. The van der Waals surface area contributed by atoms with Crippen molar-refractivity contribution in [2.75, 3.05) is 0 Å². The minimum atomic E-state index is 1.21. The molecule has 0 aliphatic rings. The van der Waals surface area contributed by atoms with Crippen LogP contribution in [-0.2, 0) is 7.05 Å². The molecule has 0 fully saturated rings. The van der Waals surface area contributed by atoms with Crippen LogP contribution in [0.15, 0.2) is 79.1 Å². The highest BCUT2D eigenvalue weighted by Gasteiger charge is 2.16. The summed E-state index contributed by atoms with van der Waals surface area (Å²) in [5.41, 5.74) is 6.22. The summed E-state index contributed by atoms with van der Waals surface area (Å²) in [5, 5.41) is 1.26. The third kappa shape index (κ3) is 2.23. The van der Waals surface area contributed by atoms with Gasteiger partial charge in [-0.1, -0.05) is 30.3 Å². The topological polar surface area (TPSA) is 8.81 Å². The second kappa shape index (κ2) is 5.40. The molecule has 0 aliphatic heterocycles. The number of rotatable bonds is 2. The Morgan fingerprint density at radius 1 is 0.826 bits per heavy atom. The Kier molecular flexibility index (Phi) is 3.23. The molecule has 0 saturated carbocycles. The van der Waals surface area contributed by atoms with E-state index < -0.39 is 0 Å². The first-order valence-corrected chi connectivity index (χ1v) is 7.87. The summed E-state index contributed by atoms with van der Waals surface area (Å²) in [6, 6.07) is 23.5. The second-order valence-corrected chi connectivity index (χ2v) is 5.91. The summed E-state index contributed by atoms with van der Waals surface area (Å²) in [6.07, 6.45) is 4.26. The van der Waals surface area contributed by atoms with Gasteiger partial charge in [0.05, 0.1) is 11.1 Å². The third-order valence-electron chi connectivity index (χ3n) is 4.42. The Balaban J connectivity index is 2.06. The van der Waals surface area contributed by atoms with Crippen molar-refractivity contribution >= 4 is 10.9 Å². The molecule has 4 aromatic rings. The maximum atomic E-state index is 2.30. The number of para-hydroxylation sites is 2. The minimum absolute atomic E-state index is 1.21. The number of aryl methyl sites for hydroxylation is 2. The van der Waals surface area contributed by atoms with Gasteiger partial charge in [0, 0.05) is 29.4 Å². The van der Waals surface area contributed by atoms with Crippen LogP contribution in [0.25, 0.3) is 27.8 Å². The average molecular weight is 299 g/mol. The minimum Gasteiger partial charge on any atom is -0.315 e. The Hall–Kier alpha value is -2.87. The van der Waals surface area contributed by atoms with Crippen molar-refractivity contribution in [1.29, 1.82) is 0 Å². The molecule has 112 valence electrons. The summed E-state index contributed by atoms with van der Waals surface area (Å²) >= 11 is 0. The van der Waals surface area contributed by atoms with Gasteiger partial charge in [-0.25, -0.2) is 4.57 Å². The van der Waals surface area contributed by atoms with E-state index in [9.17, 15) is 0 Å². The Labute approximate surface area is 136 Å². The quantitative estimate of drug-likeness (QED) is 0.484.